The second kappa shape index (κ2) is 23.4. The van der Waals surface area contributed by atoms with E-state index in [0.29, 0.717) is 5.88 Å². The van der Waals surface area contributed by atoms with Crippen LogP contribution in [0.3, 0.4) is 0 Å². The predicted octanol–water partition coefficient (Wildman–Crippen LogP) is 8.87. The van der Waals surface area contributed by atoms with Crippen molar-refractivity contribution in [1.82, 2.24) is 0 Å². The maximum Gasteiger partial charge on any atom is 0.116 e. The van der Waals surface area contributed by atoms with E-state index in [1.165, 1.54) is 142 Å². The van der Waals surface area contributed by atoms with E-state index in [4.69, 9.17) is 11.6 Å². The minimum atomic E-state index is -0.363. The molecule has 0 aliphatic rings. The quantitative estimate of drug-likeness (QED) is 0.0818. The second-order valence-electron chi connectivity index (χ2n) is 10.4. The van der Waals surface area contributed by atoms with Crippen molar-refractivity contribution < 1.29 is 9.59 Å². The Morgan fingerprint density at radius 2 is 0.839 bits per heavy atom. The molecule has 1 unspecified atom stereocenters. The Labute approximate surface area is 202 Å². The number of aliphatic hydroxyl groups excluding tert-OH is 1. The van der Waals surface area contributed by atoms with Gasteiger partial charge in [-0.05, 0) is 25.7 Å². The van der Waals surface area contributed by atoms with E-state index in [1.54, 1.807) is 0 Å². The maximum absolute atomic E-state index is 10.2. The van der Waals surface area contributed by atoms with Gasteiger partial charge in [-0.15, -0.1) is 11.6 Å². The van der Waals surface area contributed by atoms with Gasteiger partial charge in [0.05, 0.1) is 26.0 Å². The van der Waals surface area contributed by atoms with E-state index in [9.17, 15) is 5.11 Å². The van der Waals surface area contributed by atoms with Gasteiger partial charge in [-0.3, -0.25) is 0 Å². The van der Waals surface area contributed by atoms with Crippen LogP contribution in [0.4, 0.5) is 0 Å². The number of quaternary nitrogens is 1. The van der Waals surface area contributed by atoms with Crippen molar-refractivity contribution in [2.45, 2.75) is 148 Å². The summed E-state index contributed by atoms with van der Waals surface area (Å²) in [5, 5.41) is 10.2. The lowest BCUT2D eigenvalue weighted by molar-refractivity contribution is -0.912. The molecule has 0 aliphatic carbocycles. The summed E-state index contributed by atoms with van der Waals surface area (Å²) in [6.07, 6.45) is 27.4. The molecule has 0 aromatic rings. The van der Waals surface area contributed by atoms with E-state index in [-0.39, 0.29) is 6.10 Å². The van der Waals surface area contributed by atoms with Gasteiger partial charge in [-0.25, -0.2) is 0 Å². The molecule has 2 nitrogen and oxygen atoms in total. The number of likely N-dealkylation sites (N-methyl/N-ethyl adjacent to an activating group) is 1. The first-order chi connectivity index (χ1) is 15.1. The molecule has 0 fully saturated rings. The lowest BCUT2D eigenvalue weighted by Crippen LogP contribution is -2.50. The zero-order valence-corrected chi connectivity index (χ0v) is 22.6. The van der Waals surface area contributed by atoms with Gasteiger partial charge in [0.25, 0.3) is 0 Å². The lowest BCUT2D eigenvalue weighted by atomic mass is 10.1. The fourth-order valence-corrected chi connectivity index (χ4v) is 4.91. The van der Waals surface area contributed by atoms with Crippen LogP contribution in [0.5, 0.6) is 0 Å². The van der Waals surface area contributed by atoms with Crippen molar-refractivity contribution in [2.24, 2.45) is 0 Å². The van der Waals surface area contributed by atoms with Crippen molar-refractivity contribution >= 4 is 11.6 Å². The van der Waals surface area contributed by atoms with E-state index in [0.717, 1.165) is 11.0 Å². The van der Waals surface area contributed by atoms with Gasteiger partial charge >= 0.3 is 0 Å². The van der Waals surface area contributed by atoms with Crippen LogP contribution in [-0.2, 0) is 0 Å². The van der Waals surface area contributed by atoms with Crippen LogP contribution in [0.2, 0.25) is 0 Å². The Kier molecular flexibility index (Phi) is 23.5. The largest absolute Gasteiger partial charge is 0.386 e. The van der Waals surface area contributed by atoms with Gasteiger partial charge in [0.1, 0.15) is 12.6 Å². The Balaban J connectivity index is 3.87. The summed E-state index contributed by atoms with van der Waals surface area (Å²) in [6, 6.07) is 0. The van der Waals surface area contributed by atoms with E-state index >= 15 is 0 Å². The number of unbranched alkanes of at least 4 members (excludes halogenated alkanes) is 18. The van der Waals surface area contributed by atoms with Crippen LogP contribution in [0.15, 0.2) is 0 Å². The number of alkyl halides is 1. The number of aliphatic hydroxyl groups is 1. The van der Waals surface area contributed by atoms with E-state index < -0.39 is 0 Å². The number of rotatable bonds is 25. The molecule has 0 amide bonds. The Hall–Kier alpha value is 0.210. The first-order valence-corrected chi connectivity index (χ1v) is 14.7. The van der Waals surface area contributed by atoms with Crippen LogP contribution in [-0.4, -0.2) is 48.3 Å². The first kappa shape index (κ1) is 31.2. The van der Waals surface area contributed by atoms with Crippen molar-refractivity contribution in [3.63, 3.8) is 0 Å². The highest BCUT2D eigenvalue weighted by atomic mass is 35.5. The zero-order chi connectivity index (χ0) is 23.0. The highest BCUT2D eigenvalue weighted by Gasteiger charge is 2.24. The van der Waals surface area contributed by atoms with Crippen molar-refractivity contribution in [3.05, 3.63) is 0 Å². The maximum atomic E-state index is 10.2. The third-order valence-electron chi connectivity index (χ3n) is 6.93. The third-order valence-corrected chi connectivity index (χ3v) is 7.29. The van der Waals surface area contributed by atoms with Crippen LogP contribution in [0.25, 0.3) is 0 Å². The molecule has 31 heavy (non-hydrogen) atoms. The fraction of sp³-hybridized carbons (Fsp3) is 1.00. The van der Waals surface area contributed by atoms with Crippen molar-refractivity contribution in [3.8, 4) is 0 Å². The average molecular weight is 461 g/mol. The molecule has 0 bridgehead atoms. The van der Waals surface area contributed by atoms with Gasteiger partial charge in [0, 0.05) is 0 Å². The van der Waals surface area contributed by atoms with Gasteiger partial charge in [0.2, 0.25) is 0 Å². The van der Waals surface area contributed by atoms with Crippen LogP contribution < -0.4 is 0 Å². The fourth-order valence-electron chi connectivity index (χ4n) is 4.81. The summed E-state index contributed by atoms with van der Waals surface area (Å²) in [5.74, 6) is 0.365. The molecule has 0 spiro atoms. The summed E-state index contributed by atoms with van der Waals surface area (Å²) < 4.78 is 1.00. The molecule has 0 saturated heterocycles. The molecule has 0 radical (unpaired) electrons. The predicted molar refractivity (Wildman–Crippen MR) is 141 cm³/mol. The summed E-state index contributed by atoms with van der Waals surface area (Å²) in [7, 11) is 2.34. The SMILES string of the molecule is CCCCCCCCCCCC[N+](C)(CCCCCCCCCCCC)CC(O)CCl. The summed E-state index contributed by atoms with van der Waals surface area (Å²) in [6.45, 7) is 7.78. The normalized spacial score (nSPS) is 13.1. The molecule has 0 aromatic carbocycles. The lowest BCUT2D eigenvalue weighted by Gasteiger charge is -2.36. The minimum absolute atomic E-state index is 0.363. The number of nitrogens with zero attached hydrogens (tertiary/aromatic N) is 1. The Bertz CT molecular complexity index is 326. The zero-order valence-electron chi connectivity index (χ0n) is 21.8. The summed E-state index contributed by atoms with van der Waals surface area (Å²) >= 11 is 5.93. The topological polar surface area (TPSA) is 20.2 Å². The number of hydrogen-bond donors (Lipinski definition) is 1. The van der Waals surface area contributed by atoms with Crippen LogP contribution in [0, 0.1) is 0 Å². The first-order valence-electron chi connectivity index (χ1n) is 14.2. The third kappa shape index (κ3) is 21.8. The second-order valence-corrected chi connectivity index (χ2v) is 10.7. The Morgan fingerprint density at radius 1 is 0.548 bits per heavy atom. The molecule has 3 heteroatoms. The number of halogens is 1. The monoisotopic (exact) mass is 460 g/mol. The summed E-state index contributed by atoms with van der Waals surface area (Å²) in [4.78, 5) is 0. The molecule has 0 aromatic heterocycles. The molecule has 0 aliphatic heterocycles. The van der Waals surface area contributed by atoms with Crippen molar-refractivity contribution in [2.75, 3.05) is 32.6 Å². The minimum Gasteiger partial charge on any atom is -0.386 e. The van der Waals surface area contributed by atoms with Crippen molar-refractivity contribution in [1.29, 1.82) is 0 Å². The van der Waals surface area contributed by atoms with Gasteiger partial charge in [0.15, 0.2) is 0 Å². The van der Waals surface area contributed by atoms with E-state index in [1.807, 2.05) is 0 Å². The van der Waals surface area contributed by atoms with E-state index in [2.05, 4.69) is 20.9 Å². The van der Waals surface area contributed by atoms with Gasteiger partial charge in [-0.2, -0.15) is 0 Å². The Morgan fingerprint density at radius 3 is 1.13 bits per heavy atom. The highest BCUT2D eigenvalue weighted by Crippen LogP contribution is 2.16. The summed E-state index contributed by atoms with van der Waals surface area (Å²) in [5.41, 5.74) is 0. The molecular weight excluding hydrogens is 402 g/mol. The highest BCUT2D eigenvalue weighted by molar-refractivity contribution is 6.18. The molecule has 0 saturated carbocycles. The average Bonchev–Trinajstić information content (AvgIpc) is 2.76. The molecule has 0 rings (SSSR count). The molecule has 188 valence electrons. The molecule has 0 heterocycles. The number of hydrogen-bond acceptors (Lipinski definition) is 1. The molecular formula is C28H59ClNO+. The molecule has 1 atom stereocenters. The van der Waals surface area contributed by atoms with Crippen LogP contribution in [0.1, 0.15) is 142 Å². The van der Waals surface area contributed by atoms with Crippen LogP contribution >= 0.6 is 11.6 Å². The standard InChI is InChI=1S/C28H59ClNO/c1-4-6-8-10-12-14-16-18-20-22-24-30(3,27-28(31)26-29)25-23-21-19-17-15-13-11-9-7-5-2/h28,31H,4-27H2,1-3H3/q+1. The smallest absolute Gasteiger partial charge is 0.116 e. The van der Waals surface area contributed by atoms with Gasteiger partial charge < -0.3 is 9.59 Å². The van der Waals surface area contributed by atoms with Gasteiger partial charge in [-0.1, -0.05) is 117 Å². The molecule has 1 N–H and O–H groups in total.